The Balaban J connectivity index is 2.17. The summed E-state index contributed by atoms with van der Waals surface area (Å²) in [6.07, 6.45) is 0.637. The largest absolute Gasteiger partial charge is 0.207 e. The zero-order valence-electron chi connectivity index (χ0n) is 8.29. The van der Waals surface area contributed by atoms with Crippen molar-refractivity contribution in [3.63, 3.8) is 0 Å². The molecule has 1 atom stereocenters. The maximum atomic E-state index is 13.6. The van der Waals surface area contributed by atoms with E-state index in [1.165, 1.54) is 6.07 Å². The van der Waals surface area contributed by atoms with Gasteiger partial charge in [-0.05, 0) is 23.6 Å². The molecule has 2 rings (SSSR count). The molecule has 84 valence electrons. The van der Waals surface area contributed by atoms with Gasteiger partial charge in [-0.25, -0.2) is 4.39 Å². The third-order valence-corrected chi connectivity index (χ3v) is 3.78. The molecule has 0 radical (unpaired) electrons. The molecule has 0 amide bonds. The lowest BCUT2D eigenvalue weighted by molar-refractivity contribution is 0.606. The van der Waals surface area contributed by atoms with E-state index in [1.807, 2.05) is 17.5 Å². The van der Waals surface area contributed by atoms with Crippen LogP contribution in [0.4, 0.5) is 4.39 Å². The Kier molecular flexibility index (Phi) is 3.85. The lowest BCUT2D eigenvalue weighted by Crippen LogP contribution is -1.97. The summed E-state index contributed by atoms with van der Waals surface area (Å²) in [5.41, 5.74) is 0.500. The third-order valence-electron chi connectivity index (χ3n) is 2.26. The second-order valence-corrected chi connectivity index (χ2v) is 5.41. The molecular weight excluding hydrogens is 266 g/mol. The van der Waals surface area contributed by atoms with Crippen molar-refractivity contribution in [3.8, 4) is 0 Å². The highest BCUT2D eigenvalue weighted by Gasteiger charge is 2.14. The predicted molar refractivity (Wildman–Crippen MR) is 68.0 cm³/mol. The Bertz CT molecular complexity index is 468. The van der Waals surface area contributed by atoms with E-state index in [4.69, 9.17) is 23.2 Å². The predicted octanol–water partition coefficient (Wildman–Crippen LogP) is 5.06. The minimum atomic E-state index is -0.351. The molecule has 0 bridgehead atoms. The molecule has 0 aliphatic carbocycles. The standard InChI is InChI=1S/C12H9Cl2FS/c13-8-3-4-10(12(15)6-8)11(14)7-9-2-1-5-16-9/h1-6,11H,7H2. The van der Waals surface area contributed by atoms with Crippen LogP contribution in [0.2, 0.25) is 5.02 Å². The van der Waals surface area contributed by atoms with Gasteiger partial charge < -0.3 is 0 Å². The zero-order chi connectivity index (χ0) is 11.5. The molecule has 1 aromatic carbocycles. The highest BCUT2D eigenvalue weighted by Crippen LogP contribution is 2.29. The first-order valence-electron chi connectivity index (χ1n) is 4.78. The van der Waals surface area contributed by atoms with Gasteiger partial charge in [0.2, 0.25) is 0 Å². The van der Waals surface area contributed by atoms with Crippen LogP contribution in [0.1, 0.15) is 15.8 Å². The minimum Gasteiger partial charge on any atom is -0.207 e. The van der Waals surface area contributed by atoms with Crippen LogP contribution in [0.3, 0.4) is 0 Å². The van der Waals surface area contributed by atoms with Crippen molar-refractivity contribution in [1.29, 1.82) is 0 Å². The first-order chi connectivity index (χ1) is 7.66. The normalized spacial score (nSPS) is 12.7. The van der Waals surface area contributed by atoms with Gasteiger partial charge in [0.05, 0.1) is 5.38 Å². The van der Waals surface area contributed by atoms with E-state index in [2.05, 4.69) is 0 Å². The van der Waals surface area contributed by atoms with Crippen LogP contribution in [-0.4, -0.2) is 0 Å². The highest BCUT2D eigenvalue weighted by molar-refractivity contribution is 7.09. The van der Waals surface area contributed by atoms with Crippen molar-refractivity contribution in [2.75, 3.05) is 0 Å². The summed E-state index contributed by atoms with van der Waals surface area (Å²) >= 11 is 13.5. The van der Waals surface area contributed by atoms with Gasteiger partial charge in [-0.15, -0.1) is 22.9 Å². The Labute approximate surface area is 108 Å². The van der Waals surface area contributed by atoms with Gasteiger partial charge in [-0.2, -0.15) is 0 Å². The van der Waals surface area contributed by atoms with Crippen molar-refractivity contribution < 1.29 is 4.39 Å². The summed E-state index contributed by atoms with van der Waals surface area (Å²) in [5, 5.41) is 2.02. The Hall–Kier alpha value is -0.570. The van der Waals surface area contributed by atoms with Crippen LogP contribution in [0.15, 0.2) is 35.7 Å². The number of halogens is 3. The smallest absolute Gasteiger partial charge is 0.129 e. The molecule has 0 N–H and O–H groups in total. The molecule has 0 saturated carbocycles. The molecule has 0 saturated heterocycles. The lowest BCUT2D eigenvalue weighted by Gasteiger charge is -2.09. The summed E-state index contributed by atoms with van der Waals surface area (Å²) in [6.45, 7) is 0. The van der Waals surface area contributed by atoms with Crippen LogP contribution in [0.25, 0.3) is 0 Å². The van der Waals surface area contributed by atoms with E-state index < -0.39 is 0 Å². The molecular formula is C12H9Cl2FS. The third kappa shape index (κ3) is 2.76. The van der Waals surface area contributed by atoms with E-state index in [0.29, 0.717) is 17.0 Å². The van der Waals surface area contributed by atoms with E-state index in [1.54, 1.807) is 23.5 Å². The van der Waals surface area contributed by atoms with Crippen LogP contribution < -0.4 is 0 Å². The summed E-state index contributed by atoms with van der Waals surface area (Å²) in [7, 11) is 0. The van der Waals surface area contributed by atoms with Gasteiger partial charge in [0.15, 0.2) is 0 Å². The Morgan fingerprint density at radius 1 is 1.31 bits per heavy atom. The second kappa shape index (κ2) is 5.17. The maximum Gasteiger partial charge on any atom is 0.129 e. The molecule has 1 heterocycles. The number of hydrogen-bond donors (Lipinski definition) is 0. The van der Waals surface area contributed by atoms with Crippen LogP contribution in [0.5, 0.6) is 0 Å². The van der Waals surface area contributed by atoms with Crippen LogP contribution in [0, 0.1) is 5.82 Å². The summed E-state index contributed by atoms with van der Waals surface area (Å²) in [5.74, 6) is -0.343. The summed E-state index contributed by atoms with van der Waals surface area (Å²) in [4.78, 5) is 1.15. The first-order valence-corrected chi connectivity index (χ1v) is 6.47. The van der Waals surface area contributed by atoms with Crippen molar-refractivity contribution in [3.05, 3.63) is 57.0 Å². The average Bonchev–Trinajstić information content (AvgIpc) is 2.70. The number of benzene rings is 1. The molecule has 0 aliphatic heterocycles. The molecule has 0 aliphatic rings. The van der Waals surface area contributed by atoms with Crippen molar-refractivity contribution in [1.82, 2.24) is 0 Å². The van der Waals surface area contributed by atoms with Gasteiger partial charge in [-0.1, -0.05) is 23.7 Å². The molecule has 1 unspecified atom stereocenters. The Morgan fingerprint density at radius 2 is 2.12 bits per heavy atom. The van der Waals surface area contributed by atoms with Crippen LogP contribution in [-0.2, 0) is 6.42 Å². The number of thiophene rings is 1. The van der Waals surface area contributed by atoms with E-state index >= 15 is 0 Å². The van der Waals surface area contributed by atoms with Crippen molar-refractivity contribution in [2.24, 2.45) is 0 Å². The fourth-order valence-electron chi connectivity index (χ4n) is 1.47. The average molecular weight is 275 g/mol. The van der Waals surface area contributed by atoms with Gasteiger partial charge in [0, 0.05) is 21.9 Å². The highest BCUT2D eigenvalue weighted by atomic mass is 35.5. The van der Waals surface area contributed by atoms with Crippen molar-refractivity contribution >= 4 is 34.5 Å². The number of alkyl halides is 1. The molecule has 4 heteroatoms. The van der Waals surface area contributed by atoms with E-state index in [-0.39, 0.29) is 11.2 Å². The van der Waals surface area contributed by atoms with Gasteiger partial charge in [0.25, 0.3) is 0 Å². The van der Waals surface area contributed by atoms with Crippen molar-refractivity contribution in [2.45, 2.75) is 11.8 Å². The first kappa shape index (κ1) is 11.9. The van der Waals surface area contributed by atoms with E-state index in [9.17, 15) is 4.39 Å². The van der Waals surface area contributed by atoms with Gasteiger partial charge in [0.1, 0.15) is 5.82 Å². The summed E-state index contributed by atoms with van der Waals surface area (Å²) < 4.78 is 13.6. The zero-order valence-corrected chi connectivity index (χ0v) is 10.6. The molecule has 0 fully saturated rings. The lowest BCUT2D eigenvalue weighted by atomic mass is 10.1. The fraction of sp³-hybridized carbons (Fsp3) is 0.167. The number of rotatable bonds is 3. The van der Waals surface area contributed by atoms with Gasteiger partial charge in [-0.3, -0.25) is 0 Å². The van der Waals surface area contributed by atoms with Crippen LogP contribution >= 0.6 is 34.5 Å². The Morgan fingerprint density at radius 3 is 2.75 bits per heavy atom. The summed E-state index contributed by atoms with van der Waals surface area (Å²) in [6, 6.07) is 8.54. The van der Waals surface area contributed by atoms with Gasteiger partial charge >= 0.3 is 0 Å². The molecule has 1 aromatic heterocycles. The quantitative estimate of drug-likeness (QED) is 0.686. The minimum absolute atomic E-state index is 0.343. The van der Waals surface area contributed by atoms with E-state index in [0.717, 1.165) is 4.88 Å². The second-order valence-electron chi connectivity index (χ2n) is 3.42. The number of hydrogen-bond acceptors (Lipinski definition) is 1. The molecule has 16 heavy (non-hydrogen) atoms. The molecule has 0 nitrogen and oxygen atoms in total. The topological polar surface area (TPSA) is 0 Å². The monoisotopic (exact) mass is 274 g/mol. The molecule has 0 spiro atoms. The maximum absolute atomic E-state index is 13.6. The molecule has 2 aromatic rings. The fourth-order valence-corrected chi connectivity index (χ4v) is 2.82. The SMILES string of the molecule is Fc1cc(Cl)ccc1C(Cl)Cc1cccs1.